The van der Waals surface area contributed by atoms with Gasteiger partial charge in [-0.25, -0.2) is 0 Å². The molecule has 2 aromatic carbocycles. The van der Waals surface area contributed by atoms with Crippen LogP contribution in [0.4, 0.5) is 0 Å². The molecule has 1 amide bonds. The number of rotatable bonds is 6. The van der Waals surface area contributed by atoms with Crippen LogP contribution in [0.3, 0.4) is 0 Å². The number of carbonyl (C=O) groups excluding carboxylic acids is 1. The Morgan fingerprint density at radius 3 is 2.63 bits per heavy atom. The first-order chi connectivity index (χ1) is 14.6. The van der Waals surface area contributed by atoms with Crippen LogP contribution in [-0.4, -0.2) is 29.6 Å². The number of amides is 1. The van der Waals surface area contributed by atoms with Crippen molar-refractivity contribution in [2.75, 3.05) is 7.11 Å². The number of benzene rings is 2. The minimum atomic E-state index is -0.243. The fraction of sp³-hybridized carbons (Fsp3) is 0.136. The lowest BCUT2D eigenvalue weighted by Gasteiger charge is -2.06. The van der Waals surface area contributed by atoms with E-state index in [2.05, 4.69) is 15.5 Å². The van der Waals surface area contributed by atoms with Crippen LogP contribution in [0.15, 0.2) is 75.3 Å². The van der Waals surface area contributed by atoms with Gasteiger partial charge in [-0.3, -0.25) is 4.79 Å². The van der Waals surface area contributed by atoms with Crippen LogP contribution in [-0.2, 0) is 11.2 Å². The lowest BCUT2D eigenvalue weighted by molar-refractivity contribution is -0.118. The summed E-state index contributed by atoms with van der Waals surface area (Å²) in [6.07, 6.45) is 2.11. The number of hydrogen-bond donors (Lipinski definition) is 1. The predicted octanol–water partition coefficient (Wildman–Crippen LogP) is 4.77. The topological polar surface area (TPSA) is 76.2 Å². The summed E-state index contributed by atoms with van der Waals surface area (Å²) in [5.74, 6) is 1.99. The number of ether oxygens (including phenoxy) is 1. The fourth-order valence-corrected chi connectivity index (χ4v) is 3.98. The van der Waals surface area contributed by atoms with Gasteiger partial charge in [-0.1, -0.05) is 35.5 Å². The lowest BCUT2D eigenvalue weighted by Crippen LogP contribution is -2.25. The van der Waals surface area contributed by atoms with Crippen molar-refractivity contribution in [2.45, 2.75) is 11.7 Å². The van der Waals surface area contributed by atoms with Gasteiger partial charge in [0.15, 0.2) is 5.17 Å². The number of furan rings is 1. The van der Waals surface area contributed by atoms with Crippen molar-refractivity contribution >= 4 is 40.7 Å². The first-order valence-electron chi connectivity index (χ1n) is 9.18. The fourth-order valence-electron chi connectivity index (χ4n) is 2.89. The summed E-state index contributed by atoms with van der Waals surface area (Å²) < 4.78 is 10.9. The molecule has 0 saturated carbocycles. The molecule has 30 heavy (non-hydrogen) atoms. The Morgan fingerprint density at radius 2 is 1.90 bits per heavy atom. The number of methoxy groups -OCH3 is 1. The molecule has 1 aliphatic rings. The van der Waals surface area contributed by atoms with E-state index in [1.54, 1.807) is 13.2 Å². The molecule has 3 aromatic rings. The number of nitrogens with one attached hydrogen (secondary N) is 1. The molecule has 0 bridgehead atoms. The Kier molecular flexibility index (Phi) is 6.21. The molecule has 2 heterocycles. The molecule has 152 valence electrons. The first kappa shape index (κ1) is 20.3. The Hall–Kier alpha value is -3.03. The molecule has 8 heteroatoms. The highest BCUT2D eigenvalue weighted by Gasteiger charge is 2.30. The third-order valence-corrected chi connectivity index (χ3v) is 5.77. The number of amidine groups is 1. The van der Waals surface area contributed by atoms with Crippen molar-refractivity contribution in [3.63, 3.8) is 0 Å². The SMILES string of the molecule is COc1ccc(CC2S/C(=N/N=C/c3ccc(-c4ccc(Cl)cc4)o3)NC2=O)cc1. The van der Waals surface area contributed by atoms with Crippen LogP contribution in [0.1, 0.15) is 11.3 Å². The Labute approximate surface area is 183 Å². The smallest absolute Gasteiger partial charge is 0.239 e. The third kappa shape index (κ3) is 4.93. The van der Waals surface area contributed by atoms with Crippen molar-refractivity contribution in [1.82, 2.24) is 5.32 Å². The summed E-state index contributed by atoms with van der Waals surface area (Å²) in [6.45, 7) is 0. The average molecular weight is 440 g/mol. The van der Waals surface area contributed by atoms with E-state index in [9.17, 15) is 4.79 Å². The van der Waals surface area contributed by atoms with Gasteiger partial charge in [0.1, 0.15) is 17.3 Å². The van der Waals surface area contributed by atoms with E-state index < -0.39 is 0 Å². The summed E-state index contributed by atoms with van der Waals surface area (Å²) in [6, 6.07) is 18.7. The van der Waals surface area contributed by atoms with Crippen molar-refractivity contribution in [2.24, 2.45) is 10.2 Å². The van der Waals surface area contributed by atoms with Gasteiger partial charge in [0.05, 0.1) is 18.6 Å². The summed E-state index contributed by atoms with van der Waals surface area (Å²) in [7, 11) is 1.62. The maximum Gasteiger partial charge on any atom is 0.239 e. The van der Waals surface area contributed by atoms with E-state index in [0.29, 0.717) is 28.1 Å². The van der Waals surface area contributed by atoms with Crippen molar-refractivity contribution in [3.8, 4) is 17.1 Å². The molecule has 1 fully saturated rings. The Balaban J connectivity index is 1.36. The largest absolute Gasteiger partial charge is 0.497 e. The first-order valence-corrected chi connectivity index (χ1v) is 10.4. The van der Waals surface area contributed by atoms with Crippen LogP contribution >= 0.6 is 23.4 Å². The van der Waals surface area contributed by atoms with Gasteiger partial charge in [0, 0.05) is 10.6 Å². The van der Waals surface area contributed by atoms with E-state index in [0.717, 1.165) is 16.9 Å². The minimum Gasteiger partial charge on any atom is -0.497 e. The number of nitrogens with zero attached hydrogens (tertiary/aromatic N) is 2. The minimum absolute atomic E-state index is 0.0761. The van der Waals surface area contributed by atoms with E-state index in [1.807, 2.05) is 54.6 Å². The van der Waals surface area contributed by atoms with Gasteiger partial charge >= 0.3 is 0 Å². The van der Waals surface area contributed by atoms with Crippen LogP contribution in [0.25, 0.3) is 11.3 Å². The monoisotopic (exact) mass is 439 g/mol. The molecular formula is C22H18ClN3O3S. The molecule has 4 rings (SSSR count). The Morgan fingerprint density at radius 1 is 1.13 bits per heavy atom. The van der Waals surface area contributed by atoms with Crippen LogP contribution < -0.4 is 10.1 Å². The van der Waals surface area contributed by atoms with Gasteiger partial charge in [0.25, 0.3) is 0 Å². The summed E-state index contributed by atoms with van der Waals surface area (Å²) >= 11 is 7.27. The van der Waals surface area contributed by atoms with E-state index in [1.165, 1.54) is 18.0 Å². The zero-order valence-corrected chi connectivity index (χ0v) is 17.6. The number of thioether (sulfide) groups is 1. The maximum absolute atomic E-state index is 12.2. The highest BCUT2D eigenvalue weighted by molar-refractivity contribution is 8.15. The maximum atomic E-state index is 12.2. The molecule has 1 unspecified atom stereocenters. The molecule has 1 aliphatic heterocycles. The van der Waals surface area contributed by atoms with Gasteiger partial charge in [-0.05, 0) is 60.5 Å². The van der Waals surface area contributed by atoms with Gasteiger partial charge in [0.2, 0.25) is 5.91 Å². The molecule has 6 nitrogen and oxygen atoms in total. The molecule has 1 saturated heterocycles. The van der Waals surface area contributed by atoms with E-state index >= 15 is 0 Å². The highest BCUT2D eigenvalue weighted by Crippen LogP contribution is 2.25. The van der Waals surface area contributed by atoms with Gasteiger partial charge < -0.3 is 14.5 Å². The molecular weight excluding hydrogens is 422 g/mol. The third-order valence-electron chi connectivity index (χ3n) is 4.45. The quantitative estimate of drug-likeness (QED) is 0.443. The highest BCUT2D eigenvalue weighted by atomic mass is 35.5. The number of halogens is 1. The van der Waals surface area contributed by atoms with Crippen molar-refractivity contribution in [3.05, 3.63) is 77.0 Å². The van der Waals surface area contributed by atoms with Gasteiger partial charge in [-0.2, -0.15) is 5.10 Å². The molecule has 0 radical (unpaired) electrons. The van der Waals surface area contributed by atoms with Crippen LogP contribution in [0.5, 0.6) is 5.75 Å². The summed E-state index contributed by atoms with van der Waals surface area (Å²) in [5, 5.41) is 11.8. The zero-order chi connectivity index (χ0) is 20.9. The van der Waals surface area contributed by atoms with E-state index in [-0.39, 0.29) is 11.2 Å². The van der Waals surface area contributed by atoms with Gasteiger partial charge in [-0.15, -0.1) is 5.10 Å². The zero-order valence-electron chi connectivity index (χ0n) is 16.0. The summed E-state index contributed by atoms with van der Waals surface area (Å²) in [5.41, 5.74) is 1.98. The molecule has 0 aliphatic carbocycles. The second-order valence-electron chi connectivity index (χ2n) is 6.51. The average Bonchev–Trinajstić information content (AvgIpc) is 3.36. The van der Waals surface area contributed by atoms with Crippen molar-refractivity contribution in [1.29, 1.82) is 0 Å². The predicted molar refractivity (Wildman–Crippen MR) is 120 cm³/mol. The van der Waals surface area contributed by atoms with Crippen molar-refractivity contribution < 1.29 is 13.9 Å². The number of carbonyl (C=O) groups is 1. The molecule has 0 spiro atoms. The molecule has 1 aromatic heterocycles. The second-order valence-corrected chi connectivity index (χ2v) is 8.13. The second kappa shape index (κ2) is 9.19. The lowest BCUT2D eigenvalue weighted by atomic mass is 10.1. The molecule has 1 N–H and O–H groups in total. The Bertz CT molecular complexity index is 1090. The number of hydrogen-bond acceptors (Lipinski definition) is 6. The summed E-state index contributed by atoms with van der Waals surface area (Å²) in [4.78, 5) is 12.2. The van der Waals surface area contributed by atoms with Crippen LogP contribution in [0.2, 0.25) is 5.02 Å². The van der Waals surface area contributed by atoms with E-state index in [4.69, 9.17) is 20.8 Å². The van der Waals surface area contributed by atoms with Crippen LogP contribution in [0, 0.1) is 0 Å². The standard InChI is InChI=1S/C22H18ClN3O3S/c1-28-17-8-2-14(3-9-17)12-20-21(27)25-22(30-20)26-24-13-18-10-11-19(29-18)15-4-6-16(23)7-5-15/h2-11,13,20H,12H2,1H3,(H,25,26,27)/b24-13+. The molecule has 1 atom stereocenters. The normalized spacial score (nSPS) is 17.6.